The molecule has 0 aliphatic carbocycles. The lowest BCUT2D eigenvalue weighted by molar-refractivity contribution is 0.0464. The van der Waals surface area contributed by atoms with Gasteiger partial charge in [-0.2, -0.15) is 0 Å². The Balaban J connectivity index is 1.47. The number of methoxy groups -OCH3 is 1. The molecule has 1 N–H and O–H groups in total. The van der Waals surface area contributed by atoms with Gasteiger partial charge < -0.3 is 24.0 Å². The van der Waals surface area contributed by atoms with E-state index >= 15 is 0 Å². The molecule has 1 aliphatic rings. The Bertz CT molecular complexity index is 805. The second-order valence-electron chi connectivity index (χ2n) is 8.29. The highest BCUT2D eigenvalue weighted by atomic mass is 16.5. The lowest BCUT2D eigenvalue weighted by Crippen LogP contribution is -2.49. The molecular formula is C23H36N4O4. The zero-order valence-corrected chi connectivity index (χ0v) is 19.2. The fourth-order valence-corrected chi connectivity index (χ4v) is 3.88. The highest BCUT2D eigenvalue weighted by molar-refractivity contribution is 5.43. The number of benzene rings is 1. The van der Waals surface area contributed by atoms with Crippen molar-refractivity contribution in [1.82, 2.24) is 19.9 Å². The van der Waals surface area contributed by atoms with Gasteiger partial charge in [0.15, 0.2) is 17.3 Å². The lowest BCUT2D eigenvalue weighted by atomic mass is 10.2. The number of hydrogen-bond donors (Lipinski definition) is 1. The highest BCUT2D eigenvalue weighted by Gasteiger charge is 2.19. The van der Waals surface area contributed by atoms with E-state index in [1.165, 1.54) is 0 Å². The minimum atomic E-state index is -0.533. The van der Waals surface area contributed by atoms with E-state index in [-0.39, 0.29) is 6.61 Å². The molecule has 0 radical (unpaired) electrons. The first-order valence-corrected chi connectivity index (χ1v) is 11.0. The average Bonchev–Trinajstić information content (AvgIpc) is 3.17. The second kappa shape index (κ2) is 11.5. The van der Waals surface area contributed by atoms with Gasteiger partial charge in [0.1, 0.15) is 12.7 Å². The molecule has 1 fully saturated rings. The van der Waals surface area contributed by atoms with Crippen molar-refractivity contribution in [3.8, 4) is 11.5 Å². The Morgan fingerprint density at radius 2 is 1.87 bits per heavy atom. The monoisotopic (exact) mass is 432 g/mol. The maximum absolute atomic E-state index is 10.4. The van der Waals surface area contributed by atoms with Crippen LogP contribution in [0.2, 0.25) is 0 Å². The predicted molar refractivity (Wildman–Crippen MR) is 119 cm³/mol. The zero-order valence-electron chi connectivity index (χ0n) is 19.2. The Kier molecular flexibility index (Phi) is 8.71. The molecule has 0 spiro atoms. The van der Waals surface area contributed by atoms with Crippen molar-refractivity contribution >= 4 is 0 Å². The third-order valence-corrected chi connectivity index (χ3v) is 5.60. The summed E-state index contributed by atoms with van der Waals surface area (Å²) in [6.45, 7) is 11.6. The van der Waals surface area contributed by atoms with E-state index < -0.39 is 6.10 Å². The molecule has 0 amide bonds. The summed E-state index contributed by atoms with van der Waals surface area (Å²) in [5.74, 6) is 2.16. The summed E-state index contributed by atoms with van der Waals surface area (Å²) in [5, 5.41) is 14.4. The number of aliphatic hydroxyl groups is 1. The highest BCUT2D eigenvalue weighted by Crippen LogP contribution is 2.29. The van der Waals surface area contributed by atoms with Crippen LogP contribution in [0.3, 0.4) is 0 Å². The van der Waals surface area contributed by atoms with Gasteiger partial charge in [0.25, 0.3) is 0 Å². The summed E-state index contributed by atoms with van der Waals surface area (Å²) in [4.78, 5) is 6.87. The molecule has 31 heavy (non-hydrogen) atoms. The van der Waals surface area contributed by atoms with Crippen LogP contribution in [0.1, 0.15) is 23.9 Å². The molecule has 1 unspecified atom stereocenters. The molecule has 1 atom stereocenters. The molecule has 8 nitrogen and oxygen atoms in total. The van der Waals surface area contributed by atoms with E-state index in [4.69, 9.17) is 14.0 Å². The van der Waals surface area contributed by atoms with Crippen LogP contribution in [0.4, 0.5) is 0 Å². The molecular weight excluding hydrogens is 396 g/mol. The van der Waals surface area contributed by atoms with Gasteiger partial charge in [-0.3, -0.25) is 9.80 Å². The summed E-state index contributed by atoms with van der Waals surface area (Å²) in [6.07, 6.45) is -0.533. The minimum Gasteiger partial charge on any atom is -0.493 e. The molecule has 0 saturated carbocycles. The van der Waals surface area contributed by atoms with Gasteiger partial charge in [-0.25, -0.2) is 0 Å². The molecule has 1 aromatic heterocycles. The van der Waals surface area contributed by atoms with E-state index in [1.807, 2.05) is 38.2 Å². The number of aromatic nitrogens is 1. The number of likely N-dealkylation sites (N-methyl/N-ethyl adjacent to an activating group) is 1. The van der Waals surface area contributed by atoms with Gasteiger partial charge in [-0.1, -0.05) is 18.1 Å². The zero-order chi connectivity index (χ0) is 22.2. The van der Waals surface area contributed by atoms with E-state index in [1.54, 1.807) is 7.11 Å². The Morgan fingerprint density at radius 1 is 1.13 bits per heavy atom. The maximum atomic E-state index is 10.4. The molecule has 1 aliphatic heterocycles. The quantitative estimate of drug-likeness (QED) is 0.578. The van der Waals surface area contributed by atoms with E-state index in [0.717, 1.165) is 56.3 Å². The number of hydrogen-bond acceptors (Lipinski definition) is 8. The van der Waals surface area contributed by atoms with Gasteiger partial charge in [-0.05, 0) is 38.2 Å². The predicted octanol–water partition coefficient (Wildman–Crippen LogP) is 2.00. The smallest absolute Gasteiger partial charge is 0.161 e. The van der Waals surface area contributed by atoms with E-state index in [2.05, 4.69) is 26.8 Å². The number of nitrogens with zero attached hydrogens (tertiary/aromatic N) is 4. The molecule has 2 aromatic rings. The van der Waals surface area contributed by atoms with Crippen LogP contribution < -0.4 is 9.47 Å². The lowest BCUT2D eigenvalue weighted by Gasteiger charge is -2.34. The Labute approximate surface area is 185 Å². The second-order valence-corrected chi connectivity index (χ2v) is 8.29. The number of piperazine rings is 1. The molecule has 8 heteroatoms. The van der Waals surface area contributed by atoms with Crippen molar-refractivity contribution in [3.05, 3.63) is 41.3 Å². The Hall–Kier alpha value is -2.13. The van der Waals surface area contributed by atoms with Crippen molar-refractivity contribution in [2.24, 2.45) is 0 Å². The summed E-state index contributed by atoms with van der Waals surface area (Å²) in [7, 11) is 3.67. The molecule has 1 saturated heterocycles. The average molecular weight is 433 g/mol. The van der Waals surface area contributed by atoms with Crippen LogP contribution in [-0.2, 0) is 13.1 Å². The fourth-order valence-electron chi connectivity index (χ4n) is 3.88. The van der Waals surface area contributed by atoms with Crippen molar-refractivity contribution < 1.29 is 19.1 Å². The largest absolute Gasteiger partial charge is 0.493 e. The maximum Gasteiger partial charge on any atom is 0.161 e. The van der Waals surface area contributed by atoms with Crippen LogP contribution >= 0.6 is 0 Å². The van der Waals surface area contributed by atoms with Crippen molar-refractivity contribution in [1.29, 1.82) is 0 Å². The Morgan fingerprint density at radius 3 is 2.52 bits per heavy atom. The summed E-state index contributed by atoms with van der Waals surface area (Å²) >= 11 is 0. The third kappa shape index (κ3) is 7.21. The first-order chi connectivity index (χ1) is 15.0. The first-order valence-electron chi connectivity index (χ1n) is 11.0. The topological polar surface area (TPSA) is 74.4 Å². The van der Waals surface area contributed by atoms with Crippen LogP contribution in [0, 0.1) is 6.92 Å². The van der Waals surface area contributed by atoms with Crippen LogP contribution in [-0.4, -0.2) is 91.1 Å². The molecule has 2 heterocycles. The number of aryl methyl sites for hydroxylation is 1. The number of β-amino-alcohol motifs (C(OH)–C–C–N with tert-alkyl or cyclic N) is 1. The SMILES string of the molecule is CCN1CCN(CC(O)COc2ccc(CN(C)Cc3cc(C)no3)cc2OC)CC1. The van der Waals surface area contributed by atoms with Gasteiger partial charge >= 0.3 is 0 Å². The summed E-state index contributed by atoms with van der Waals surface area (Å²) in [5.41, 5.74) is 1.99. The van der Waals surface area contributed by atoms with Crippen LogP contribution in [0.15, 0.2) is 28.8 Å². The van der Waals surface area contributed by atoms with Gasteiger partial charge in [0.2, 0.25) is 0 Å². The number of ether oxygens (including phenoxy) is 2. The van der Waals surface area contributed by atoms with Gasteiger partial charge in [-0.15, -0.1) is 0 Å². The van der Waals surface area contributed by atoms with E-state index in [0.29, 0.717) is 24.6 Å². The molecule has 172 valence electrons. The molecule has 1 aromatic carbocycles. The van der Waals surface area contributed by atoms with Crippen molar-refractivity contribution in [2.45, 2.75) is 33.0 Å². The summed E-state index contributed by atoms with van der Waals surface area (Å²) in [6, 6.07) is 7.86. The van der Waals surface area contributed by atoms with Crippen molar-refractivity contribution in [2.75, 3.05) is 60.0 Å². The number of aliphatic hydroxyl groups excluding tert-OH is 1. The van der Waals surface area contributed by atoms with Crippen LogP contribution in [0.25, 0.3) is 0 Å². The minimum absolute atomic E-state index is 0.244. The van der Waals surface area contributed by atoms with Crippen molar-refractivity contribution in [3.63, 3.8) is 0 Å². The molecule has 3 rings (SSSR count). The third-order valence-electron chi connectivity index (χ3n) is 5.60. The fraction of sp³-hybridized carbons (Fsp3) is 0.609. The molecule has 0 bridgehead atoms. The standard InChI is InChI=1S/C23H36N4O4/c1-5-26-8-10-27(11-9-26)15-20(28)17-30-22-7-6-19(13-23(22)29-4)14-25(3)16-21-12-18(2)24-31-21/h6-7,12-13,20,28H,5,8-11,14-17H2,1-4H3. The van der Waals surface area contributed by atoms with Gasteiger partial charge in [0.05, 0.1) is 19.3 Å². The van der Waals surface area contributed by atoms with Crippen LogP contribution in [0.5, 0.6) is 11.5 Å². The normalized spacial score (nSPS) is 16.6. The number of rotatable bonds is 11. The summed E-state index contributed by atoms with van der Waals surface area (Å²) < 4.78 is 16.7. The first kappa shape index (κ1) is 23.5. The van der Waals surface area contributed by atoms with Gasteiger partial charge in [0, 0.05) is 45.3 Å². The van der Waals surface area contributed by atoms with E-state index in [9.17, 15) is 5.11 Å².